The summed E-state index contributed by atoms with van der Waals surface area (Å²) >= 11 is 0. The molecule has 3 rings (SSSR count). The minimum atomic E-state index is 0.237. The van der Waals surface area contributed by atoms with Gasteiger partial charge in [0.15, 0.2) is 0 Å². The SMILES string of the molecule is NC(CC1(CN2CCCc3ccccc32)CC1)=NO. The Bertz CT molecular complexity index is 494. The fourth-order valence-corrected chi connectivity index (χ4v) is 3.17. The number of oxime groups is 1. The molecule has 1 aromatic rings. The maximum Gasteiger partial charge on any atom is 0.139 e. The monoisotopic (exact) mass is 259 g/mol. The van der Waals surface area contributed by atoms with Crippen molar-refractivity contribution in [1.29, 1.82) is 0 Å². The molecule has 3 N–H and O–H groups in total. The van der Waals surface area contributed by atoms with Crippen molar-refractivity contribution < 1.29 is 5.21 Å². The zero-order valence-electron chi connectivity index (χ0n) is 11.2. The second-order valence-electron chi connectivity index (χ2n) is 5.92. The predicted octanol–water partition coefficient (Wildman–Crippen LogP) is 2.36. The smallest absolute Gasteiger partial charge is 0.139 e. The molecule has 1 saturated carbocycles. The summed E-state index contributed by atoms with van der Waals surface area (Å²) < 4.78 is 0. The number of anilines is 1. The van der Waals surface area contributed by atoms with E-state index in [4.69, 9.17) is 10.9 Å². The summed E-state index contributed by atoms with van der Waals surface area (Å²) in [5.74, 6) is 0.364. The molecule has 1 aliphatic heterocycles. The highest BCUT2D eigenvalue weighted by molar-refractivity contribution is 5.80. The average Bonchev–Trinajstić information content (AvgIpc) is 3.18. The van der Waals surface area contributed by atoms with E-state index in [0.717, 1.165) is 13.1 Å². The summed E-state index contributed by atoms with van der Waals surface area (Å²) in [6, 6.07) is 8.67. The fourth-order valence-electron chi connectivity index (χ4n) is 3.17. The van der Waals surface area contributed by atoms with Crippen LogP contribution in [0.1, 0.15) is 31.2 Å². The van der Waals surface area contributed by atoms with Crippen molar-refractivity contribution in [3.05, 3.63) is 29.8 Å². The number of para-hydroxylation sites is 1. The van der Waals surface area contributed by atoms with Crippen LogP contribution in [0.2, 0.25) is 0 Å². The molecule has 1 fully saturated rings. The summed E-state index contributed by atoms with van der Waals surface area (Å²) in [6.45, 7) is 2.15. The normalized spacial score (nSPS) is 21.1. The molecule has 102 valence electrons. The molecule has 1 heterocycles. The Balaban J connectivity index is 1.75. The lowest BCUT2D eigenvalue weighted by atomic mass is 9.96. The van der Waals surface area contributed by atoms with E-state index in [-0.39, 0.29) is 5.41 Å². The first-order valence-corrected chi connectivity index (χ1v) is 7.02. The number of hydrogen-bond donors (Lipinski definition) is 2. The van der Waals surface area contributed by atoms with Gasteiger partial charge in [-0.15, -0.1) is 0 Å². The highest BCUT2D eigenvalue weighted by atomic mass is 16.4. The Hall–Kier alpha value is -1.71. The number of amidine groups is 1. The van der Waals surface area contributed by atoms with E-state index in [1.807, 2.05) is 0 Å². The Morgan fingerprint density at radius 1 is 1.37 bits per heavy atom. The fraction of sp³-hybridized carbons (Fsp3) is 0.533. The van der Waals surface area contributed by atoms with Gasteiger partial charge in [0.1, 0.15) is 5.84 Å². The number of nitrogens with two attached hydrogens (primary N) is 1. The van der Waals surface area contributed by atoms with E-state index in [2.05, 4.69) is 34.3 Å². The van der Waals surface area contributed by atoms with Crippen LogP contribution in [-0.2, 0) is 6.42 Å². The molecular formula is C15H21N3O. The van der Waals surface area contributed by atoms with Crippen LogP contribution in [0, 0.1) is 5.41 Å². The standard InChI is InChI=1S/C15H21N3O/c16-14(17-19)10-15(7-8-15)11-18-9-3-5-12-4-1-2-6-13(12)18/h1-2,4,6,19H,3,5,7-11H2,(H2,16,17). The molecule has 0 unspecified atom stereocenters. The van der Waals surface area contributed by atoms with Crippen molar-refractivity contribution in [2.45, 2.75) is 32.1 Å². The molecule has 0 bridgehead atoms. The van der Waals surface area contributed by atoms with Gasteiger partial charge in [-0.1, -0.05) is 23.4 Å². The van der Waals surface area contributed by atoms with Crippen molar-refractivity contribution in [2.24, 2.45) is 16.3 Å². The lowest BCUT2D eigenvalue weighted by molar-refractivity contribution is 0.314. The third-order valence-electron chi connectivity index (χ3n) is 4.37. The van der Waals surface area contributed by atoms with Gasteiger partial charge in [0.05, 0.1) is 0 Å². The van der Waals surface area contributed by atoms with Crippen molar-refractivity contribution in [2.75, 3.05) is 18.0 Å². The zero-order chi connectivity index (χ0) is 13.3. The molecule has 0 spiro atoms. The van der Waals surface area contributed by atoms with Crippen LogP contribution in [0.5, 0.6) is 0 Å². The molecule has 0 radical (unpaired) electrons. The topological polar surface area (TPSA) is 61.8 Å². The van der Waals surface area contributed by atoms with Crippen molar-refractivity contribution in [1.82, 2.24) is 0 Å². The molecule has 19 heavy (non-hydrogen) atoms. The lowest BCUT2D eigenvalue weighted by Crippen LogP contribution is -2.36. The molecule has 0 amide bonds. The van der Waals surface area contributed by atoms with Gasteiger partial charge in [-0.2, -0.15) is 0 Å². The largest absolute Gasteiger partial charge is 0.409 e. The van der Waals surface area contributed by atoms with Crippen LogP contribution in [0.25, 0.3) is 0 Å². The van der Waals surface area contributed by atoms with Gasteiger partial charge < -0.3 is 15.8 Å². The highest BCUT2D eigenvalue weighted by Crippen LogP contribution is 2.50. The van der Waals surface area contributed by atoms with Gasteiger partial charge in [0.25, 0.3) is 0 Å². The number of hydrogen-bond acceptors (Lipinski definition) is 3. The summed E-state index contributed by atoms with van der Waals surface area (Å²) in [5.41, 5.74) is 8.74. The third-order valence-corrected chi connectivity index (χ3v) is 4.37. The molecule has 0 saturated heterocycles. The molecule has 0 atom stereocenters. The van der Waals surface area contributed by atoms with E-state index < -0.39 is 0 Å². The van der Waals surface area contributed by atoms with Crippen molar-refractivity contribution in [3.8, 4) is 0 Å². The predicted molar refractivity (Wildman–Crippen MR) is 76.7 cm³/mol. The molecule has 4 heteroatoms. The summed E-state index contributed by atoms with van der Waals surface area (Å²) in [6.07, 6.45) is 5.47. The Morgan fingerprint density at radius 2 is 2.16 bits per heavy atom. The minimum absolute atomic E-state index is 0.237. The van der Waals surface area contributed by atoms with Gasteiger partial charge in [0.2, 0.25) is 0 Å². The molecule has 0 aromatic heterocycles. The van der Waals surface area contributed by atoms with E-state index in [1.54, 1.807) is 0 Å². The first kappa shape index (κ1) is 12.3. The van der Waals surface area contributed by atoms with Gasteiger partial charge in [-0.25, -0.2) is 0 Å². The third kappa shape index (κ3) is 2.53. The first-order valence-electron chi connectivity index (χ1n) is 7.02. The van der Waals surface area contributed by atoms with Crippen LogP contribution in [0.3, 0.4) is 0 Å². The minimum Gasteiger partial charge on any atom is -0.409 e. The summed E-state index contributed by atoms with van der Waals surface area (Å²) in [7, 11) is 0. The van der Waals surface area contributed by atoms with E-state index in [0.29, 0.717) is 12.3 Å². The number of benzene rings is 1. The molecule has 1 aromatic carbocycles. The number of fused-ring (bicyclic) bond motifs is 1. The lowest BCUT2D eigenvalue weighted by Gasteiger charge is -2.34. The molecule has 4 nitrogen and oxygen atoms in total. The van der Waals surface area contributed by atoms with Crippen LogP contribution < -0.4 is 10.6 Å². The summed E-state index contributed by atoms with van der Waals surface area (Å²) in [4.78, 5) is 2.48. The maximum atomic E-state index is 8.74. The Morgan fingerprint density at radius 3 is 2.89 bits per heavy atom. The average molecular weight is 259 g/mol. The maximum absolute atomic E-state index is 8.74. The van der Waals surface area contributed by atoms with Gasteiger partial charge in [-0.05, 0) is 42.7 Å². The van der Waals surface area contributed by atoms with Gasteiger partial charge >= 0.3 is 0 Å². The molecule has 1 aliphatic carbocycles. The number of rotatable bonds is 4. The van der Waals surface area contributed by atoms with Gasteiger partial charge in [-0.3, -0.25) is 0 Å². The molecule has 2 aliphatic rings. The van der Waals surface area contributed by atoms with Crippen LogP contribution in [0.15, 0.2) is 29.4 Å². The van der Waals surface area contributed by atoms with Crippen LogP contribution >= 0.6 is 0 Å². The first-order chi connectivity index (χ1) is 9.22. The molecular weight excluding hydrogens is 238 g/mol. The number of nitrogens with zero attached hydrogens (tertiary/aromatic N) is 2. The highest BCUT2D eigenvalue weighted by Gasteiger charge is 2.45. The zero-order valence-corrected chi connectivity index (χ0v) is 11.2. The van der Waals surface area contributed by atoms with E-state index in [1.165, 1.54) is 36.9 Å². The van der Waals surface area contributed by atoms with Crippen molar-refractivity contribution >= 4 is 11.5 Å². The quantitative estimate of drug-likeness (QED) is 0.377. The second kappa shape index (κ2) is 4.76. The van der Waals surface area contributed by atoms with Gasteiger partial charge in [0, 0.05) is 25.2 Å². The number of aryl methyl sites for hydroxylation is 1. The Labute approximate surface area is 113 Å². The Kier molecular flexibility index (Phi) is 3.09. The second-order valence-corrected chi connectivity index (χ2v) is 5.92. The van der Waals surface area contributed by atoms with Crippen molar-refractivity contribution in [3.63, 3.8) is 0 Å². The summed E-state index contributed by atoms with van der Waals surface area (Å²) in [5, 5.41) is 11.9. The van der Waals surface area contributed by atoms with Crippen LogP contribution in [0.4, 0.5) is 5.69 Å². The van der Waals surface area contributed by atoms with E-state index in [9.17, 15) is 0 Å². The van der Waals surface area contributed by atoms with E-state index >= 15 is 0 Å². The van der Waals surface area contributed by atoms with Crippen LogP contribution in [-0.4, -0.2) is 24.1 Å².